The molecule has 0 aromatic carbocycles. The number of nitrogens with two attached hydrogens (primary N) is 1. The highest BCUT2D eigenvalue weighted by Crippen LogP contribution is 2.15. The predicted molar refractivity (Wildman–Crippen MR) is 229 cm³/mol. The van der Waals surface area contributed by atoms with Gasteiger partial charge in [0.15, 0.2) is 0 Å². The Hall–Kier alpha value is -3.45. The quantitative estimate of drug-likeness (QED) is 0.0330. The van der Waals surface area contributed by atoms with Gasteiger partial charge in [-0.2, -0.15) is 0 Å². The van der Waals surface area contributed by atoms with Gasteiger partial charge in [0.2, 0.25) is 5.91 Å². The average molecular weight is 751 g/mol. The highest BCUT2D eigenvalue weighted by Gasteiger charge is 2.19. The van der Waals surface area contributed by atoms with E-state index < -0.39 is 12.0 Å². The molecule has 306 valence electrons. The Morgan fingerprint density at radius 2 is 1.07 bits per heavy atom. The first-order chi connectivity index (χ1) is 26.4. The van der Waals surface area contributed by atoms with Crippen LogP contribution in [-0.2, 0) is 19.1 Å². The van der Waals surface area contributed by atoms with Gasteiger partial charge in [-0.05, 0) is 115 Å². The minimum Gasteiger partial charge on any atom is -0.480 e. The van der Waals surface area contributed by atoms with Crippen molar-refractivity contribution in [1.29, 1.82) is 0 Å². The number of hydrogen-bond acceptors (Lipinski definition) is 5. The van der Waals surface area contributed by atoms with Crippen LogP contribution in [0.5, 0.6) is 0 Å². The summed E-state index contributed by atoms with van der Waals surface area (Å²) >= 11 is 0. The number of rotatable bonds is 37. The number of ether oxygens (including phenoxy) is 1. The van der Waals surface area contributed by atoms with Crippen molar-refractivity contribution in [2.45, 2.75) is 187 Å². The summed E-state index contributed by atoms with van der Waals surface area (Å²) in [7, 11) is 0. The molecule has 0 aromatic heterocycles. The second-order valence-corrected chi connectivity index (χ2v) is 14.0. The molecule has 2 unspecified atom stereocenters. The number of aliphatic carboxylic acids is 1. The van der Waals surface area contributed by atoms with E-state index in [1.54, 1.807) is 0 Å². The van der Waals surface area contributed by atoms with E-state index in [0.717, 1.165) is 96.3 Å². The molecular weight excluding hydrogens is 673 g/mol. The number of carbonyl (C=O) groups excluding carboxylic acids is 2. The maximum atomic E-state index is 12.7. The zero-order valence-electron chi connectivity index (χ0n) is 34.3. The first kappa shape index (κ1) is 50.5. The van der Waals surface area contributed by atoms with E-state index in [1.807, 2.05) is 6.08 Å². The molecule has 1 amide bonds. The standard InChI is InChI=1S/C47H78N2O5/c1-3-5-7-9-11-13-14-15-16-17-18-19-20-21-22-23-24-25-27-29-35-41-46(51)54-43(37-32-28-26-12-10-8-6-4-2)38-33-30-31-34-40-45(50)49-44(47(52)53)39-36-42-48/h5,7,11-13,15-16,18-19,21-22,26,32,37,43-44H,3-4,6,8-10,14,17,20,23-25,27-31,33-36,38-42,48H2,1-2H3,(H,49,50)(H,52,53)/b7-5-,13-11-,16-15-,19-18-,22-21-,26-12-,37-32-. The zero-order valence-corrected chi connectivity index (χ0v) is 34.3. The van der Waals surface area contributed by atoms with E-state index in [1.165, 1.54) is 32.1 Å². The van der Waals surface area contributed by atoms with E-state index in [-0.39, 0.29) is 18.0 Å². The molecule has 54 heavy (non-hydrogen) atoms. The molecule has 0 bridgehead atoms. The molecule has 0 saturated heterocycles. The highest BCUT2D eigenvalue weighted by atomic mass is 16.5. The third kappa shape index (κ3) is 36.9. The van der Waals surface area contributed by atoms with Crippen molar-refractivity contribution in [2.75, 3.05) is 6.54 Å². The van der Waals surface area contributed by atoms with Crippen molar-refractivity contribution in [2.24, 2.45) is 5.73 Å². The summed E-state index contributed by atoms with van der Waals surface area (Å²) in [5.74, 6) is -1.38. The predicted octanol–water partition coefficient (Wildman–Crippen LogP) is 12.1. The molecular formula is C47H78N2O5. The van der Waals surface area contributed by atoms with E-state index >= 15 is 0 Å². The first-order valence-electron chi connectivity index (χ1n) is 21.4. The van der Waals surface area contributed by atoms with Gasteiger partial charge in [0.05, 0.1) is 0 Å². The third-order valence-electron chi connectivity index (χ3n) is 8.93. The molecule has 0 spiro atoms. The fourth-order valence-electron chi connectivity index (χ4n) is 5.72. The summed E-state index contributed by atoms with van der Waals surface area (Å²) in [4.78, 5) is 36.3. The minimum absolute atomic E-state index is 0.127. The summed E-state index contributed by atoms with van der Waals surface area (Å²) < 4.78 is 5.90. The SMILES string of the molecule is CC/C=C\C/C=C\C/C=C\C/C=C\C/C=C\CCCCCCCC(=O)OC(/C=C\C/C=C\CCCCC)CCCCCCC(=O)NC(CCCN)C(=O)O. The Labute approximate surface area is 330 Å². The van der Waals surface area contributed by atoms with Crippen molar-refractivity contribution in [3.8, 4) is 0 Å². The van der Waals surface area contributed by atoms with Gasteiger partial charge >= 0.3 is 11.9 Å². The summed E-state index contributed by atoms with van der Waals surface area (Å²) in [5.41, 5.74) is 5.48. The van der Waals surface area contributed by atoms with Crippen LogP contribution in [0.4, 0.5) is 0 Å². The van der Waals surface area contributed by atoms with Crippen LogP contribution in [0.25, 0.3) is 0 Å². The van der Waals surface area contributed by atoms with Crippen LogP contribution in [-0.4, -0.2) is 41.6 Å². The Bertz CT molecular complexity index is 1120. The molecule has 7 nitrogen and oxygen atoms in total. The van der Waals surface area contributed by atoms with Crippen molar-refractivity contribution >= 4 is 17.8 Å². The number of carbonyl (C=O) groups is 3. The second-order valence-electron chi connectivity index (χ2n) is 14.0. The van der Waals surface area contributed by atoms with Gasteiger partial charge in [0.1, 0.15) is 12.1 Å². The van der Waals surface area contributed by atoms with Crippen LogP contribution in [0, 0.1) is 0 Å². The van der Waals surface area contributed by atoms with Crippen molar-refractivity contribution in [3.63, 3.8) is 0 Å². The molecule has 0 radical (unpaired) electrons. The zero-order chi connectivity index (χ0) is 39.6. The lowest BCUT2D eigenvalue weighted by Crippen LogP contribution is -2.40. The van der Waals surface area contributed by atoms with E-state index in [0.29, 0.717) is 38.6 Å². The van der Waals surface area contributed by atoms with Crippen molar-refractivity contribution < 1.29 is 24.2 Å². The number of hydrogen-bond donors (Lipinski definition) is 3. The van der Waals surface area contributed by atoms with Gasteiger partial charge in [-0.3, -0.25) is 9.59 Å². The summed E-state index contributed by atoms with van der Waals surface area (Å²) in [6.07, 6.45) is 53.6. The van der Waals surface area contributed by atoms with Crippen molar-refractivity contribution in [3.05, 3.63) is 85.1 Å². The highest BCUT2D eigenvalue weighted by molar-refractivity contribution is 5.83. The average Bonchev–Trinajstić information content (AvgIpc) is 3.16. The summed E-state index contributed by atoms with van der Waals surface area (Å²) in [6, 6.07) is -0.880. The second kappa shape index (κ2) is 40.7. The Morgan fingerprint density at radius 1 is 0.574 bits per heavy atom. The molecule has 0 aliphatic carbocycles. The molecule has 0 aromatic rings. The van der Waals surface area contributed by atoms with E-state index in [4.69, 9.17) is 10.5 Å². The molecule has 0 aliphatic rings. The lowest BCUT2D eigenvalue weighted by molar-refractivity contribution is -0.147. The Morgan fingerprint density at radius 3 is 1.65 bits per heavy atom. The number of carboxylic acids is 1. The largest absolute Gasteiger partial charge is 0.480 e. The lowest BCUT2D eigenvalue weighted by Gasteiger charge is -2.15. The Balaban J connectivity index is 4.31. The van der Waals surface area contributed by atoms with Crippen LogP contribution >= 0.6 is 0 Å². The van der Waals surface area contributed by atoms with Gasteiger partial charge in [0.25, 0.3) is 0 Å². The van der Waals surface area contributed by atoms with Crippen LogP contribution in [0.1, 0.15) is 174 Å². The first-order valence-corrected chi connectivity index (χ1v) is 21.4. The van der Waals surface area contributed by atoms with Gasteiger partial charge in [0, 0.05) is 12.8 Å². The lowest BCUT2D eigenvalue weighted by atomic mass is 10.1. The van der Waals surface area contributed by atoms with Crippen LogP contribution in [0.15, 0.2) is 85.1 Å². The van der Waals surface area contributed by atoms with E-state index in [2.05, 4.69) is 98.2 Å². The molecule has 0 fully saturated rings. The van der Waals surface area contributed by atoms with Gasteiger partial charge < -0.3 is 20.9 Å². The van der Waals surface area contributed by atoms with Crippen LogP contribution in [0.3, 0.4) is 0 Å². The Kier molecular flexibility index (Phi) is 38.1. The monoisotopic (exact) mass is 751 g/mol. The fourth-order valence-corrected chi connectivity index (χ4v) is 5.72. The molecule has 0 aliphatic heterocycles. The van der Waals surface area contributed by atoms with Crippen LogP contribution in [0.2, 0.25) is 0 Å². The van der Waals surface area contributed by atoms with Gasteiger partial charge in [-0.15, -0.1) is 0 Å². The molecule has 4 N–H and O–H groups in total. The maximum Gasteiger partial charge on any atom is 0.326 e. The molecule has 0 saturated carbocycles. The number of nitrogens with one attached hydrogen (secondary N) is 1. The summed E-state index contributed by atoms with van der Waals surface area (Å²) in [6.45, 7) is 4.76. The smallest absolute Gasteiger partial charge is 0.326 e. The normalized spacial score (nSPS) is 13.5. The minimum atomic E-state index is -1.02. The summed E-state index contributed by atoms with van der Waals surface area (Å²) in [5, 5.41) is 11.9. The molecule has 2 atom stereocenters. The van der Waals surface area contributed by atoms with E-state index in [9.17, 15) is 19.5 Å². The van der Waals surface area contributed by atoms with Gasteiger partial charge in [-0.25, -0.2) is 4.79 Å². The molecule has 7 heteroatoms. The number of carboxylic acid groups (broad SMARTS) is 1. The third-order valence-corrected chi connectivity index (χ3v) is 8.93. The molecule has 0 rings (SSSR count). The number of esters is 1. The fraction of sp³-hybridized carbons (Fsp3) is 0.638. The maximum absolute atomic E-state index is 12.7. The number of amides is 1. The molecule has 0 heterocycles. The van der Waals surface area contributed by atoms with Crippen molar-refractivity contribution in [1.82, 2.24) is 5.32 Å². The van der Waals surface area contributed by atoms with Crippen LogP contribution < -0.4 is 11.1 Å². The number of unbranched alkanes of at least 4 members (excludes halogenated alkanes) is 11. The topological polar surface area (TPSA) is 119 Å². The number of allylic oxidation sites excluding steroid dienone is 13. The van der Waals surface area contributed by atoms with Gasteiger partial charge in [-0.1, -0.05) is 138 Å².